The van der Waals surface area contributed by atoms with E-state index < -0.39 is 59.5 Å². The summed E-state index contributed by atoms with van der Waals surface area (Å²) in [6, 6.07) is 12.5. The van der Waals surface area contributed by atoms with E-state index in [4.69, 9.17) is 9.47 Å². The first kappa shape index (κ1) is 36.5. The van der Waals surface area contributed by atoms with Crippen molar-refractivity contribution in [1.82, 2.24) is 10.2 Å². The highest BCUT2D eigenvalue weighted by Crippen LogP contribution is 2.60. The van der Waals surface area contributed by atoms with Crippen molar-refractivity contribution in [3.05, 3.63) is 90.5 Å². The van der Waals surface area contributed by atoms with Crippen molar-refractivity contribution >= 4 is 45.3 Å². The molecule has 0 aromatic heterocycles. The first-order chi connectivity index (χ1) is 23.5. The van der Waals surface area contributed by atoms with E-state index in [0.29, 0.717) is 19.3 Å². The lowest BCUT2D eigenvalue weighted by molar-refractivity contribution is -0.146. The van der Waals surface area contributed by atoms with Crippen molar-refractivity contribution in [1.29, 1.82) is 0 Å². The van der Waals surface area contributed by atoms with Gasteiger partial charge < -0.3 is 29.7 Å². The Labute approximate surface area is 296 Å². The third kappa shape index (κ3) is 6.72. The maximum Gasteiger partial charge on any atom is 0.306 e. The SMILES string of the molecule is C=CCCC(=O)OC[C@H](NC(=O)[C@@H]1[C@H]2O[C@@]3(CC2Br)[C@H](C(=O)N(CC=C)c2c(C)cccc2C)N([C@@H](CC)CO)C(=O)[C@@H]13)c1ccccc1. The zero-order valence-electron chi connectivity index (χ0n) is 28.3. The Morgan fingerprint density at radius 2 is 1.84 bits per heavy atom. The predicted molar refractivity (Wildman–Crippen MR) is 190 cm³/mol. The van der Waals surface area contributed by atoms with Crippen molar-refractivity contribution in [3.63, 3.8) is 0 Å². The van der Waals surface area contributed by atoms with Gasteiger partial charge in [-0.1, -0.05) is 83.5 Å². The largest absolute Gasteiger partial charge is 0.463 e. The molecule has 3 heterocycles. The van der Waals surface area contributed by atoms with Crippen LogP contribution in [0, 0.1) is 25.7 Å². The van der Waals surface area contributed by atoms with Gasteiger partial charge in [-0.2, -0.15) is 0 Å². The number of anilines is 1. The normalized spacial score (nSPS) is 26.5. The Balaban J connectivity index is 1.53. The average Bonchev–Trinajstić information content (AvgIpc) is 3.69. The van der Waals surface area contributed by atoms with Crippen LogP contribution in [-0.4, -0.2) is 82.1 Å². The van der Waals surface area contributed by atoms with Gasteiger partial charge in [-0.15, -0.1) is 13.2 Å². The summed E-state index contributed by atoms with van der Waals surface area (Å²) in [5, 5.41) is 13.6. The highest BCUT2D eigenvalue weighted by molar-refractivity contribution is 9.09. The number of halogens is 1. The zero-order valence-corrected chi connectivity index (χ0v) is 29.9. The lowest BCUT2D eigenvalue weighted by atomic mass is 9.70. The number of para-hydroxylation sites is 1. The van der Waals surface area contributed by atoms with E-state index in [2.05, 4.69) is 34.4 Å². The molecule has 2 N–H and O–H groups in total. The summed E-state index contributed by atoms with van der Waals surface area (Å²) in [6.07, 6.45) is 3.94. The maximum atomic E-state index is 15.0. The number of alkyl halides is 1. The molecule has 3 amide bonds. The highest BCUT2D eigenvalue weighted by atomic mass is 79.9. The zero-order chi connectivity index (χ0) is 35.5. The number of likely N-dealkylation sites (tertiary alicyclic amines) is 1. The molecule has 0 radical (unpaired) electrons. The molecule has 0 saturated carbocycles. The molecule has 11 heteroatoms. The van der Waals surface area contributed by atoms with E-state index in [1.54, 1.807) is 17.1 Å². The van der Waals surface area contributed by atoms with Crippen LogP contribution in [0.5, 0.6) is 0 Å². The molecule has 1 unspecified atom stereocenters. The van der Waals surface area contributed by atoms with E-state index in [0.717, 1.165) is 22.4 Å². The number of allylic oxidation sites excluding steroid dienone is 1. The second-order valence-corrected chi connectivity index (χ2v) is 14.3. The van der Waals surface area contributed by atoms with Crippen LogP contribution in [0.2, 0.25) is 0 Å². The Hall–Kier alpha value is -3.80. The second-order valence-electron chi connectivity index (χ2n) is 13.1. The maximum absolute atomic E-state index is 15.0. The molecule has 8 atom stereocenters. The summed E-state index contributed by atoms with van der Waals surface area (Å²) in [4.78, 5) is 59.3. The number of benzene rings is 2. The summed E-state index contributed by atoms with van der Waals surface area (Å²) in [7, 11) is 0. The number of hydrogen-bond acceptors (Lipinski definition) is 7. The Kier molecular flexibility index (Phi) is 11.5. The first-order valence-corrected chi connectivity index (χ1v) is 17.8. The summed E-state index contributed by atoms with van der Waals surface area (Å²) < 4.78 is 12.3. The molecule has 2 bridgehead atoms. The molecule has 3 fully saturated rings. The smallest absolute Gasteiger partial charge is 0.306 e. The molecule has 5 rings (SSSR count). The van der Waals surface area contributed by atoms with Gasteiger partial charge in [0, 0.05) is 23.5 Å². The van der Waals surface area contributed by atoms with Crippen molar-refractivity contribution in [2.45, 2.75) is 81.1 Å². The van der Waals surface area contributed by atoms with Gasteiger partial charge in [0.05, 0.1) is 36.6 Å². The number of carbonyl (C=O) groups is 4. The van der Waals surface area contributed by atoms with Crippen LogP contribution < -0.4 is 10.2 Å². The van der Waals surface area contributed by atoms with Crippen molar-refractivity contribution in [2.24, 2.45) is 11.8 Å². The van der Waals surface area contributed by atoms with E-state index in [9.17, 15) is 24.3 Å². The van der Waals surface area contributed by atoms with Gasteiger partial charge in [0.25, 0.3) is 5.91 Å². The minimum Gasteiger partial charge on any atom is -0.463 e. The predicted octanol–water partition coefficient (Wildman–Crippen LogP) is 4.71. The molecule has 3 saturated heterocycles. The molecule has 3 aliphatic heterocycles. The van der Waals surface area contributed by atoms with Crippen LogP contribution in [0.25, 0.3) is 0 Å². The van der Waals surface area contributed by atoms with Crippen molar-refractivity contribution in [2.75, 3.05) is 24.7 Å². The number of aliphatic hydroxyl groups excluding tert-OH is 1. The van der Waals surface area contributed by atoms with E-state index in [-0.39, 0.29) is 36.9 Å². The van der Waals surface area contributed by atoms with Crippen LogP contribution in [0.4, 0.5) is 5.69 Å². The summed E-state index contributed by atoms with van der Waals surface area (Å²) in [5.41, 5.74) is 1.90. The molecule has 10 nitrogen and oxygen atoms in total. The molecule has 3 aliphatic rings. The topological polar surface area (TPSA) is 125 Å². The van der Waals surface area contributed by atoms with Gasteiger partial charge in [0.2, 0.25) is 11.8 Å². The van der Waals surface area contributed by atoms with Gasteiger partial charge in [0.1, 0.15) is 18.2 Å². The fourth-order valence-corrected chi connectivity index (χ4v) is 8.84. The number of aryl methyl sites for hydroxylation is 2. The Bertz CT molecular complexity index is 1560. The number of fused-ring (bicyclic) bond motifs is 1. The third-order valence-electron chi connectivity index (χ3n) is 10.1. The lowest BCUT2D eigenvalue weighted by Gasteiger charge is -2.39. The minimum absolute atomic E-state index is 0.104. The number of amides is 3. The van der Waals surface area contributed by atoms with E-state index in [1.165, 1.54) is 4.90 Å². The van der Waals surface area contributed by atoms with E-state index in [1.807, 2.05) is 69.3 Å². The number of esters is 1. The summed E-state index contributed by atoms with van der Waals surface area (Å²) in [6.45, 7) is 13.0. The van der Waals surface area contributed by atoms with Crippen LogP contribution in [-0.2, 0) is 28.7 Å². The minimum atomic E-state index is -1.33. The molecular weight excluding hydrogens is 690 g/mol. The third-order valence-corrected chi connectivity index (χ3v) is 11.0. The Morgan fingerprint density at radius 3 is 2.45 bits per heavy atom. The highest BCUT2D eigenvalue weighted by Gasteiger charge is 2.77. The standard InChI is InChI=1S/C38H46BrN3O7/c1-6-9-18-29(44)48-22-28(25-16-11-10-12-17-25)40-35(45)30-31-36(46)42(26(8-3)21-43)34(38(31)20-27(39)33(30)49-38)37(47)41(19-7-2)32-23(4)14-13-15-24(32)5/h6-7,10-17,26-28,30-31,33-34,43H,1-2,8-9,18-22H2,3-5H3,(H,40,45)/t26-,27?,28-,30-,31+,33-,34-,38+/m0/s1. The van der Waals surface area contributed by atoms with Crippen LogP contribution in [0.15, 0.2) is 73.8 Å². The molecule has 49 heavy (non-hydrogen) atoms. The van der Waals surface area contributed by atoms with Crippen LogP contribution in [0.1, 0.15) is 55.3 Å². The first-order valence-electron chi connectivity index (χ1n) is 16.9. The molecule has 2 aromatic carbocycles. The number of hydrogen-bond donors (Lipinski definition) is 2. The van der Waals surface area contributed by atoms with Gasteiger partial charge >= 0.3 is 5.97 Å². The van der Waals surface area contributed by atoms with Gasteiger partial charge in [-0.05, 0) is 49.8 Å². The quantitative estimate of drug-likeness (QED) is 0.154. The number of carbonyl (C=O) groups excluding carboxylic acids is 4. The fourth-order valence-electron chi connectivity index (χ4n) is 7.90. The Morgan fingerprint density at radius 1 is 1.14 bits per heavy atom. The van der Waals surface area contributed by atoms with Crippen molar-refractivity contribution in [3.8, 4) is 0 Å². The van der Waals surface area contributed by atoms with Gasteiger partial charge in [-0.3, -0.25) is 19.2 Å². The van der Waals surface area contributed by atoms with Crippen LogP contribution in [0.3, 0.4) is 0 Å². The number of aliphatic hydroxyl groups is 1. The monoisotopic (exact) mass is 735 g/mol. The summed E-state index contributed by atoms with van der Waals surface area (Å²) >= 11 is 3.74. The van der Waals surface area contributed by atoms with Crippen molar-refractivity contribution < 1.29 is 33.8 Å². The molecule has 2 aromatic rings. The lowest BCUT2D eigenvalue weighted by Crippen LogP contribution is -2.59. The number of rotatable bonds is 15. The van der Waals surface area contributed by atoms with E-state index >= 15 is 0 Å². The molecule has 262 valence electrons. The number of nitrogens with zero attached hydrogens (tertiary/aromatic N) is 2. The molecular formula is C38H46BrN3O7. The van der Waals surface area contributed by atoms with Gasteiger partial charge in [0.15, 0.2) is 0 Å². The molecule has 1 spiro atoms. The molecule has 0 aliphatic carbocycles. The number of ether oxygens (including phenoxy) is 2. The fraction of sp³-hybridized carbons (Fsp3) is 0.474. The van der Waals surface area contributed by atoms with Crippen LogP contribution >= 0.6 is 15.9 Å². The van der Waals surface area contributed by atoms with Gasteiger partial charge in [-0.25, -0.2) is 0 Å². The number of nitrogens with one attached hydrogen (secondary N) is 1. The second kappa shape index (κ2) is 15.4. The summed E-state index contributed by atoms with van der Waals surface area (Å²) in [5.74, 6) is -3.52. The average molecular weight is 737 g/mol.